The Balaban J connectivity index is 2.18. The first-order valence-corrected chi connectivity index (χ1v) is 5.87. The number of hydrogen-bond donors (Lipinski definition) is 2. The molecule has 0 aliphatic carbocycles. The molecule has 92 valence electrons. The lowest BCUT2D eigenvalue weighted by Crippen LogP contribution is -2.13. The molecule has 0 radical (unpaired) electrons. The number of nitrogens with zero attached hydrogens (tertiary/aromatic N) is 2. The highest BCUT2D eigenvalue weighted by Gasteiger charge is 1.97. The van der Waals surface area contributed by atoms with Crippen LogP contribution in [0.3, 0.4) is 0 Å². The second kappa shape index (κ2) is 7.44. The van der Waals surface area contributed by atoms with Gasteiger partial charge < -0.3 is 15.1 Å². The van der Waals surface area contributed by atoms with Gasteiger partial charge in [0.25, 0.3) is 5.56 Å². The van der Waals surface area contributed by atoms with Crippen LogP contribution >= 0.6 is 0 Å². The van der Waals surface area contributed by atoms with Crippen LogP contribution in [0.15, 0.2) is 10.9 Å². The SMILES string of the molecule is [C-]#[N+]CCCCCCNc1nc(=O)cc(C)[nH]1. The Hall–Kier alpha value is -1.83. The minimum Gasteiger partial charge on any atom is -0.356 e. The number of unbranched alkanes of at least 4 members (excludes halogenated alkanes) is 3. The average Bonchev–Trinajstić information content (AvgIpc) is 2.26. The zero-order valence-electron chi connectivity index (χ0n) is 10.1. The number of nitrogens with one attached hydrogen (secondary N) is 2. The molecule has 5 heteroatoms. The van der Waals surface area contributed by atoms with Crippen molar-refractivity contribution in [1.29, 1.82) is 0 Å². The van der Waals surface area contributed by atoms with Crippen molar-refractivity contribution in [3.8, 4) is 0 Å². The fourth-order valence-corrected chi connectivity index (χ4v) is 1.54. The molecule has 1 heterocycles. The van der Waals surface area contributed by atoms with Crippen molar-refractivity contribution in [2.75, 3.05) is 18.4 Å². The van der Waals surface area contributed by atoms with Crippen LogP contribution in [0.2, 0.25) is 0 Å². The predicted molar refractivity (Wildman–Crippen MR) is 68.0 cm³/mol. The zero-order valence-corrected chi connectivity index (χ0v) is 10.1. The molecule has 0 aliphatic rings. The molecular formula is C12H18N4O. The van der Waals surface area contributed by atoms with Crippen LogP contribution in [0.5, 0.6) is 0 Å². The number of H-pyrrole nitrogens is 1. The molecule has 0 atom stereocenters. The van der Waals surface area contributed by atoms with Gasteiger partial charge in [-0.1, -0.05) is 6.42 Å². The smallest absolute Gasteiger partial charge is 0.274 e. The Labute approximate surface area is 101 Å². The number of aromatic nitrogens is 2. The van der Waals surface area contributed by atoms with Gasteiger partial charge in [0.2, 0.25) is 12.5 Å². The molecule has 0 aliphatic heterocycles. The van der Waals surface area contributed by atoms with E-state index in [0.29, 0.717) is 12.5 Å². The van der Waals surface area contributed by atoms with Crippen LogP contribution < -0.4 is 10.9 Å². The minimum atomic E-state index is -0.221. The van der Waals surface area contributed by atoms with E-state index in [0.717, 1.165) is 37.9 Å². The molecule has 5 nitrogen and oxygen atoms in total. The first-order valence-electron chi connectivity index (χ1n) is 5.87. The van der Waals surface area contributed by atoms with Crippen molar-refractivity contribution < 1.29 is 0 Å². The van der Waals surface area contributed by atoms with Crippen molar-refractivity contribution in [2.24, 2.45) is 0 Å². The number of aryl methyl sites for hydroxylation is 1. The van der Waals surface area contributed by atoms with Crippen LogP contribution in [-0.2, 0) is 0 Å². The second-order valence-corrected chi connectivity index (χ2v) is 3.97. The second-order valence-electron chi connectivity index (χ2n) is 3.97. The third-order valence-corrected chi connectivity index (χ3v) is 2.37. The highest BCUT2D eigenvalue weighted by molar-refractivity contribution is 5.24. The van der Waals surface area contributed by atoms with Gasteiger partial charge in [-0.2, -0.15) is 4.98 Å². The van der Waals surface area contributed by atoms with Gasteiger partial charge in [-0.05, 0) is 19.8 Å². The molecule has 0 bridgehead atoms. The number of hydrogen-bond acceptors (Lipinski definition) is 3. The van der Waals surface area contributed by atoms with Gasteiger partial charge in [0.1, 0.15) is 0 Å². The molecule has 0 spiro atoms. The van der Waals surface area contributed by atoms with E-state index in [1.807, 2.05) is 6.92 Å². The lowest BCUT2D eigenvalue weighted by Gasteiger charge is -2.05. The van der Waals surface area contributed by atoms with Gasteiger partial charge in [0.15, 0.2) is 0 Å². The van der Waals surface area contributed by atoms with Crippen LogP contribution in [0.25, 0.3) is 4.85 Å². The van der Waals surface area contributed by atoms with E-state index in [1.165, 1.54) is 6.07 Å². The summed E-state index contributed by atoms with van der Waals surface area (Å²) in [4.78, 5) is 21.2. The lowest BCUT2D eigenvalue weighted by atomic mass is 10.2. The van der Waals surface area contributed by atoms with E-state index in [2.05, 4.69) is 20.1 Å². The Kier molecular flexibility index (Phi) is 5.80. The normalized spacial score (nSPS) is 9.88. The van der Waals surface area contributed by atoms with Crippen LogP contribution in [0, 0.1) is 13.5 Å². The quantitative estimate of drug-likeness (QED) is 0.560. The van der Waals surface area contributed by atoms with Crippen molar-refractivity contribution in [2.45, 2.75) is 32.6 Å². The molecule has 0 saturated carbocycles. The van der Waals surface area contributed by atoms with E-state index >= 15 is 0 Å². The largest absolute Gasteiger partial charge is 0.356 e. The third-order valence-electron chi connectivity index (χ3n) is 2.37. The van der Waals surface area contributed by atoms with Gasteiger partial charge in [0.05, 0.1) is 0 Å². The third kappa shape index (κ3) is 5.71. The zero-order chi connectivity index (χ0) is 12.5. The standard InChI is InChI=1S/C12H18N4O/c1-10-9-11(17)16-12(15-10)14-8-6-4-3-5-7-13-2/h9H,3-8H2,1H3,(H2,14,15,16,17). The maximum absolute atomic E-state index is 11.1. The van der Waals surface area contributed by atoms with Gasteiger partial charge in [-0.25, -0.2) is 6.57 Å². The summed E-state index contributed by atoms with van der Waals surface area (Å²) in [5, 5.41) is 3.09. The van der Waals surface area contributed by atoms with E-state index in [-0.39, 0.29) is 5.56 Å². The lowest BCUT2D eigenvalue weighted by molar-refractivity contribution is 0.676. The highest BCUT2D eigenvalue weighted by atomic mass is 16.1. The minimum absolute atomic E-state index is 0.221. The molecule has 1 aromatic heterocycles. The predicted octanol–water partition coefficient (Wildman–Crippen LogP) is 1.97. The van der Waals surface area contributed by atoms with E-state index in [4.69, 9.17) is 6.57 Å². The maximum atomic E-state index is 11.1. The van der Waals surface area contributed by atoms with E-state index in [9.17, 15) is 4.79 Å². The first kappa shape index (κ1) is 13.2. The van der Waals surface area contributed by atoms with E-state index < -0.39 is 0 Å². The van der Waals surface area contributed by atoms with Gasteiger partial charge in [-0.3, -0.25) is 4.79 Å². The molecular weight excluding hydrogens is 216 g/mol. The summed E-state index contributed by atoms with van der Waals surface area (Å²) in [7, 11) is 0. The summed E-state index contributed by atoms with van der Waals surface area (Å²) in [6.45, 7) is 9.90. The van der Waals surface area contributed by atoms with Crippen molar-refractivity contribution in [3.05, 3.63) is 33.5 Å². The molecule has 0 fully saturated rings. The Morgan fingerprint density at radius 1 is 1.41 bits per heavy atom. The van der Waals surface area contributed by atoms with Crippen molar-refractivity contribution >= 4 is 5.95 Å². The van der Waals surface area contributed by atoms with Crippen LogP contribution in [0.4, 0.5) is 5.95 Å². The summed E-state index contributed by atoms with van der Waals surface area (Å²) >= 11 is 0. The number of anilines is 1. The summed E-state index contributed by atoms with van der Waals surface area (Å²) < 4.78 is 0. The number of rotatable bonds is 7. The molecule has 0 amide bonds. The van der Waals surface area contributed by atoms with Crippen LogP contribution in [0.1, 0.15) is 31.4 Å². The molecule has 0 aromatic carbocycles. The Bertz CT molecular complexity index is 433. The van der Waals surface area contributed by atoms with E-state index in [1.54, 1.807) is 0 Å². The highest BCUT2D eigenvalue weighted by Crippen LogP contribution is 2.01. The average molecular weight is 234 g/mol. The maximum Gasteiger partial charge on any atom is 0.274 e. The molecule has 17 heavy (non-hydrogen) atoms. The summed E-state index contributed by atoms with van der Waals surface area (Å²) in [5.74, 6) is 0.538. The molecule has 0 unspecified atom stereocenters. The van der Waals surface area contributed by atoms with Crippen molar-refractivity contribution in [3.63, 3.8) is 0 Å². The van der Waals surface area contributed by atoms with Crippen LogP contribution in [-0.4, -0.2) is 23.1 Å². The number of aromatic amines is 1. The van der Waals surface area contributed by atoms with Gasteiger partial charge in [0, 0.05) is 24.7 Å². The topological polar surface area (TPSA) is 62.1 Å². The van der Waals surface area contributed by atoms with Crippen molar-refractivity contribution in [1.82, 2.24) is 9.97 Å². The summed E-state index contributed by atoms with van der Waals surface area (Å²) in [6, 6.07) is 1.47. The first-order chi connectivity index (χ1) is 8.22. The fourth-order valence-electron chi connectivity index (χ4n) is 1.54. The molecule has 2 N–H and O–H groups in total. The fraction of sp³-hybridized carbons (Fsp3) is 0.583. The van der Waals surface area contributed by atoms with Gasteiger partial charge >= 0.3 is 0 Å². The molecule has 1 aromatic rings. The Morgan fingerprint density at radius 2 is 2.18 bits per heavy atom. The van der Waals surface area contributed by atoms with Gasteiger partial charge in [-0.15, -0.1) is 0 Å². The monoisotopic (exact) mass is 234 g/mol. The molecule has 1 rings (SSSR count). The Morgan fingerprint density at radius 3 is 2.88 bits per heavy atom. The summed E-state index contributed by atoms with van der Waals surface area (Å²) in [6.07, 6.45) is 4.18. The summed E-state index contributed by atoms with van der Waals surface area (Å²) in [5.41, 5.74) is 0.588. The molecule has 0 saturated heterocycles.